The number of hydrogen-bond donors (Lipinski definition) is 2. The van der Waals surface area contributed by atoms with Gasteiger partial charge < -0.3 is 38.6 Å². The van der Waals surface area contributed by atoms with E-state index in [2.05, 4.69) is 92.0 Å². The van der Waals surface area contributed by atoms with Gasteiger partial charge in [0.05, 0.1) is 57.3 Å². The van der Waals surface area contributed by atoms with Crippen LogP contribution >= 0.6 is 0 Å². The van der Waals surface area contributed by atoms with E-state index in [1.54, 1.807) is 12.2 Å². The van der Waals surface area contributed by atoms with Crippen molar-refractivity contribution >= 4 is 0 Å². The summed E-state index contributed by atoms with van der Waals surface area (Å²) >= 11 is 0. The molecule has 4 atom stereocenters. The van der Waals surface area contributed by atoms with Gasteiger partial charge in [-0.25, -0.2) is 0 Å². The van der Waals surface area contributed by atoms with Crippen LogP contribution in [-0.4, -0.2) is 87.5 Å². The van der Waals surface area contributed by atoms with Gasteiger partial charge in [-0.3, -0.25) is 0 Å². The van der Waals surface area contributed by atoms with Gasteiger partial charge in [-0.2, -0.15) is 0 Å². The summed E-state index contributed by atoms with van der Waals surface area (Å²) in [7, 11) is 0. The Balaban J connectivity index is 1.33. The van der Waals surface area contributed by atoms with E-state index in [-0.39, 0.29) is 32.0 Å². The van der Waals surface area contributed by atoms with E-state index < -0.39 is 17.6 Å². The first-order chi connectivity index (χ1) is 25.5. The lowest BCUT2D eigenvalue weighted by Crippen LogP contribution is -2.30. The Bertz CT molecular complexity index is 1790. The molecule has 0 aromatic heterocycles. The smallest absolute Gasteiger partial charge is 0.122 e. The number of benzene rings is 3. The molecule has 2 heterocycles. The fourth-order valence-electron chi connectivity index (χ4n) is 7.35. The van der Waals surface area contributed by atoms with Crippen LogP contribution in [-0.2, 0) is 35.5 Å². The fourth-order valence-corrected chi connectivity index (χ4v) is 7.35. The lowest BCUT2D eigenvalue weighted by atomic mass is 9.66. The second-order valence-electron chi connectivity index (χ2n) is 13.7. The topological polar surface area (TPSA) is 102 Å². The average molecular weight is 705 g/mol. The Hall–Kier alpha value is -4.28. The zero-order valence-electron chi connectivity index (χ0n) is 29.6. The van der Waals surface area contributed by atoms with E-state index in [0.29, 0.717) is 52.3 Å². The number of aliphatic hydroxyl groups excluding tert-OH is 2. The summed E-state index contributed by atoms with van der Waals surface area (Å²) in [6, 6.07) is 23.7. The van der Waals surface area contributed by atoms with Crippen molar-refractivity contribution in [2.45, 2.75) is 49.1 Å². The van der Waals surface area contributed by atoms with Gasteiger partial charge in [0.25, 0.3) is 0 Å². The maximum absolute atomic E-state index is 11.1. The number of aliphatic hydroxyl groups is 2. The fraction of sp³-hybridized carbons (Fsp3) is 0.364. The molecule has 3 aromatic carbocycles. The molecule has 4 aliphatic rings. The predicted octanol–water partition coefficient (Wildman–Crippen LogP) is 6.39. The van der Waals surface area contributed by atoms with Gasteiger partial charge in [0.1, 0.15) is 36.9 Å². The minimum Gasteiger partial charge on any atom is -0.491 e. The zero-order chi connectivity index (χ0) is 35.9. The molecule has 0 amide bonds. The molecular formula is C44H48O8. The summed E-state index contributed by atoms with van der Waals surface area (Å²) in [6.45, 7) is 10.4. The molecule has 8 heteroatoms. The molecule has 0 spiro atoms. The molecule has 7 rings (SSSR count). The van der Waals surface area contributed by atoms with Gasteiger partial charge in [-0.05, 0) is 63.1 Å². The van der Waals surface area contributed by atoms with Gasteiger partial charge in [0.2, 0.25) is 0 Å². The van der Waals surface area contributed by atoms with Crippen LogP contribution in [0, 0.1) is 0 Å². The van der Waals surface area contributed by atoms with Crippen LogP contribution in [0.1, 0.15) is 35.1 Å². The number of fused-ring (bicyclic) bond motifs is 3. The zero-order valence-corrected chi connectivity index (χ0v) is 29.6. The normalized spacial score (nSPS) is 20.6. The number of rotatable bonds is 20. The lowest BCUT2D eigenvalue weighted by molar-refractivity contribution is 0.00576. The molecule has 0 saturated carbocycles. The highest BCUT2D eigenvalue weighted by Gasteiger charge is 2.47. The summed E-state index contributed by atoms with van der Waals surface area (Å²) < 4.78 is 34.9. The molecule has 272 valence electrons. The number of epoxide rings is 2. The second kappa shape index (κ2) is 16.6. The Morgan fingerprint density at radius 2 is 1.44 bits per heavy atom. The van der Waals surface area contributed by atoms with Crippen molar-refractivity contribution in [1.29, 1.82) is 0 Å². The van der Waals surface area contributed by atoms with Crippen molar-refractivity contribution in [3.8, 4) is 16.9 Å². The summed E-state index contributed by atoms with van der Waals surface area (Å²) in [4.78, 5) is 0. The van der Waals surface area contributed by atoms with Crippen LogP contribution in [0.3, 0.4) is 0 Å². The third-order valence-electron chi connectivity index (χ3n) is 9.82. The monoisotopic (exact) mass is 704 g/mol. The second-order valence-corrected chi connectivity index (χ2v) is 13.7. The minimum absolute atomic E-state index is 0.0909. The minimum atomic E-state index is -0.780. The summed E-state index contributed by atoms with van der Waals surface area (Å²) in [5.74, 6) is 1.47. The van der Waals surface area contributed by atoms with E-state index in [0.717, 1.165) is 33.8 Å². The molecule has 3 unspecified atom stereocenters. The molecule has 2 N–H and O–H groups in total. The molecule has 2 aliphatic heterocycles. The third-order valence-corrected chi connectivity index (χ3v) is 9.82. The molecule has 2 saturated heterocycles. The van der Waals surface area contributed by atoms with E-state index in [9.17, 15) is 10.2 Å². The van der Waals surface area contributed by atoms with Crippen LogP contribution in [0.5, 0.6) is 5.75 Å². The Morgan fingerprint density at radius 1 is 0.788 bits per heavy atom. The largest absolute Gasteiger partial charge is 0.491 e. The Kier molecular flexibility index (Phi) is 11.5. The van der Waals surface area contributed by atoms with Crippen LogP contribution in [0.15, 0.2) is 127 Å². The van der Waals surface area contributed by atoms with Gasteiger partial charge in [-0.1, -0.05) is 85.0 Å². The highest BCUT2D eigenvalue weighted by molar-refractivity contribution is 5.87. The first-order valence-corrected chi connectivity index (χ1v) is 18.2. The molecule has 0 radical (unpaired) electrons. The first kappa shape index (κ1) is 36.1. The Morgan fingerprint density at radius 3 is 2.10 bits per heavy atom. The van der Waals surface area contributed by atoms with Crippen molar-refractivity contribution in [2.24, 2.45) is 0 Å². The highest BCUT2D eigenvalue weighted by Crippen LogP contribution is 2.57. The SMILES string of the molecule is C=CCOCC(O)COC1=CCC=C(C2(c3ccc(OC[C@H]4CO4)c(CC(O)COCC=C)c3)c3ccccc3-c3ccccc32)C=C1CC1CO1. The van der Waals surface area contributed by atoms with E-state index in [1.807, 2.05) is 6.07 Å². The van der Waals surface area contributed by atoms with Crippen LogP contribution in [0.4, 0.5) is 0 Å². The summed E-state index contributed by atoms with van der Waals surface area (Å²) in [5, 5.41) is 21.8. The van der Waals surface area contributed by atoms with Crippen molar-refractivity contribution in [3.05, 3.63) is 149 Å². The number of allylic oxidation sites excluding steroid dienone is 5. The van der Waals surface area contributed by atoms with Crippen molar-refractivity contribution in [2.75, 3.05) is 52.9 Å². The standard InChI is InChI=1S/C44H48O8/c1-3-18-47-24-34(45)22-30-20-33(16-17-43(30)52-29-37-28-50-37)44(40-13-7-5-11-38(40)39-12-6-8-14-41(39)44)32-10-9-15-42(31(21-32)23-36-27-49-36)51-26-35(46)25-48-19-4-2/h3-8,10-17,20-21,34-37,45-46H,1-2,9,18-19,22-29H2/t34?,35?,36?,37-/m1/s1. The van der Waals surface area contributed by atoms with Crippen LogP contribution in [0.2, 0.25) is 0 Å². The van der Waals surface area contributed by atoms with Gasteiger partial charge >= 0.3 is 0 Å². The van der Waals surface area contributed by atoms with E-state index >= 15 is 0 Å². The van der Waals surface area contributed by atoms with E-state index in [4.69, 9.17) is 28.4 Å². The molecular weight excluding hydrogens is 656 g/mol. The Labute approximate surface area is 306 Å². The van der Waals surface area contributed by atoms with Crippen LogP contribution in [0.25, 0.3) is 11.1 Å². The molecule has 2 fully saturated rings. The average Bonchev–Trinajstić information content (AvgIpc) is 4.10. The molecule has 0 bridgehead atoms. The molecule has 2 aliphatic carbocycles. The third kappa shape index (κ3) is 8.03. The molecule has 3 aromatic rings. The van der Waals surface area contributed by atoms with E-state index in [1.165, 1.54) is 22.3 Å². The van der Waals surface area contributed by atoms with Gasteiger partial charge in [-0.15, -0.1) is 13.2 Å². The quantitative estimate of drug-likeness (QED) is 0.0793. The predicted molar refractivity (Wildman–Crippen MR) is 200 cm³/mol. The van der Waals surface area contributed by atoms with Crippen molar-refractivity contribution in [1.82, 2.24) is 0 Å². The highest BCUT2D eigenvalue weighted by atomic mass is 16.6. The number of hydrogen-bond acceptors (Lipinski definition) is 8. The van der Waals surface area contributed by atoms with Crippen molar-refractivity contribution < 1.29 is 38.6 Å². The maximum atomic E-state index is 11.1. The maximum Gasteiger partial charge on any atom is 0.122 e. The number of ether oxygens (including phenoxy) is 6. The van der Waals surface area contributed by atoms with Gasteiger partial charge in [0.15, 0.2) is 0 Å². The summed E-state index contributed by atoms with van der Waals surface area (Å²) in [5.41, 5.74) is 8.13. The lowest BCUT2D eigenvalue weighted by Gasteiger charge is -2.35. The molecule has 8 nitrogen and oxygen atoms in total. The molecule has 52 heavy (non-hydrogen) atoms. The summed E-state index contributed by atoms with van der Waals surface area (Å²) in [6.07, 6.45) is 10.3. The van der Waals surface area contributed by atoms with Gasteiger partial charge in [0, 0.05) is 12.8 Å². The van der Waals surface area contributed by atoms with Crippen LogP contribution < -0.4 is 4.74 Å². The first-order valence-electron chi connectivity index (χ1n) is 18.2. The van der Waals surface area contributed by atoms with Crippen molar-refractivity contribution in [3.63, 3.8) is 0 Å².